The standard InChI is InChI=1S/C24H31ClN2O3S/c1-4-14-26-24(29)22(5-2)27(15-18-10-12-20(30-3)13-11-18)23(28)17-31-16-19-8-6-7-9-21(19)25/h6-13,22H,4-5,14-17H2,1-3H3,(H,26,29)/t22-/m1/s1. The Labute approximate surface area is 194 Å². The van der Waals surface area contributed by atoms with Crippen molar-refractivity contribution < 1.29 is 14.3 Å². The normalized spacial score (nSPS) is 11.6. The van der Waals surface area contributed by atoms with Crippen molar-refractivity contribution in [1.82, 2.24) is 10.2 Å². The first-order chi connectivity index (χ1) is 15.0. The molecule has 0 spiro atoms. The average Bonchev–Trinajstić information content (AvgIpc) is 2.79. The summed E-state index contributed by atoms with van der Waals surface area (Å²) in [4.78, 5) is 27.6. The van der Waals surface area contributed by atoms with Crippen LogP contribution >= 0.6 is 23.4 Å². The van der Waals surface area contributed by atoms with Crippen molar-refractivity contribution in [3.63, 3.8) is 0 Å². The molecule has 0 aromatic heterocycles. The third-order valence-electron chi connectivity index (χ3n) is 4.89. The molecule has 0 aliphatic rings. The van der Waals surface area contributed by atoms with Crippen LogP contribution in [-0.4, -0.2) is 42.2 Å². The molecular formula is C24H31ClN2O3S. The second kappa shape index (κ2) is 13.3. The van der Waals surface area contributed by atoms with Gasteiger partial charge < -0.3 is 15.0 Å². The Morgan fingerprint density at radius 2 is 1.84 bits per heavy atom. The fourth-order valence-electron chi connectivity index (χ4n) is 3.16. The number of hydrogen-bond acceptors (Lipinski definition) is 4. The highest BCUT2D eigenvalue weighted by Crippen LogP contribution is 2.22. The molecule has 168 valence electrons. The molecule has 0 radical (unpaired) electrons. The van der Waals surface area contributed by atoms with Crippen molar-refractivity contribution in [3.8, 4) is 5.75 Å². The molecule has 0 aliphatic heterocycles. The zero-order valence-electron chi connectivity index (χ0n) is 18.4. The second-order valence-electron chi connectivity index (χ2n) is 7.17. The number of halogens is 1. The molecule has 0 unspecified atom stereocenters. The van der Waals surface area contributed by atoms with Gasteiger partial charge in [0.2, 0.25) is 11.8 Å². The van der Waals surface area contributed by atoms with E-state index in [1.165, 1.54) is 11.8 Å². The summed E-state index contributed by atoms with van der Waals surface area (Å²) in [6.45, 7) is 4.91. The van der Waals surface area contributed by atoms with Gasteiger partial charge in [-0.05, 0) is 42.2 Å². The SMILES string of the molecule is CCCNC(=O)[C@@H](CC)N(Cc1ccc(OC)cc1)C(=O)CSCc1ccccc1Cl. The molecule has 2 rings (SSSR count). The fraction of sp³-hybridized carbons (Fsp3) is 0.417. The summed E-state index contributed by atoms with van der Waals surface area (Å²) in [7, 11) is 1.62. The molecule has 0 saturated heterocycles. The van der Waals surface area contributed by atoms with Gasteiger partial charge in [0.1, 0.15) is 11.8 Å². The first-order valence-corrected chi connectivity index (χ1v) is 12.0. The maximum Gasteiger partial charge on any atom is 0.242 e. The summed E-state index contributed by atoms with van der Waals surface area (Å²) in [5, 5.41) is 3.63. The van der Waals surface area contributed by atoms with E-state index in [1.54, 1.807) is 12.0 Å². The van der Waals surface area contributed by atoms with Crippen molar-refractivity contribution in [2.45, 2.75) is 45.0 Å². The first kappa shape index (κ1) is 25.1. The Balaban J connectivity index is 2.12. The topological polar surface area (TPSA) is 58.6 Å². The molecule has 5 nitrogen and oxygen atoms in total. The van der Waals surface area contributed by atoms with Gasteiger partial charge in [-0.25, -0.2) is 0 Å². The molecule has 2 aromatic carbocycles. The summed E-state index contributed by atoms with van der Waals surface area (Å²) in [5.41, 5.74) is 1.95. The lowest BCUT2D eigenvalue weighted by molar-refractivity contribution is -0.139. The van der Waals surface area contributed by atoms with Crippen molar-refractivity contribution in [1.29, 1.82) is 0 Å². The minimum atomic E-state index is -0.512. The zero-order valence-corrected chi connectivity index (χ0v) is 20.0. The molecule has 0 heterocycles. The Morgan fingerprint density at radius 1 is 1.13 bits per heavy atom. The number of hydrogen-bond donors (Lipinski definition) is 1. The van der Waals surface area contributed by atoms with Gasteiger partial charge in [-0.3, -0.25) is 9.59 Å². The smallest absolute Gasteiger partial charge is 0.242 e. The maximum absolute atomic E-state index is 13.2. The lowest BCUT2D eigenvalue weighted by Crippen LogP contribution is -2.49. The Morgan fingerprint density at radius 3 is 2.45 bits per heavy atom. The predicted molar refractivity (Wildman–Crippen MR) is 129 cm³/mol. The van der Waals surface area contributed by atoms with Crippen LogP contribution in [0.4, 0.5) is 0 Å². The summed E-state index contributed by atoms with van der Waals surface area (Å²) in [5.74, 6) is 1.50. The Kier molecular flexibility index (Phi) is 10.7. The number of carbonyl (C=O) groups is 2. The predicted octanol–water partition coefficient (Wildman–Crippen LogP) is 4.92. The van der Waals surface area contributed by atoms with Gasteiger partial charge in [0.25, 0.3) is 0 Å². The van der Waals surface area contributed by atoms with E-state index in [1.807, 2.05) is 62.4 Å². The lowest BCUT2D eigenvalue weighted by Gasteiger charge is -2.30. The monoisotopic (exact) mass is 462 g/mol. The van der Waals surface area contributed by atoms with Gasteiger partial charge >= 0.3 is 0 Å². The Hall–Kier alpha value is -2.18. The molecular weight excluding hydrogens is 432 g/mol. The van der Waals surface area contributed by atoms with Gasteiger partial charge in [-0.2, -0.15) is 0 Å². The second-order valence-corrected chi connectivity index (χ2v) is 8.56. The third kappa shape index (κ3) is 7.78. The fourth-order valence-corrected chi connectivity index (χ4v) is 4.36. The highest BCUT2D eigenvalue weighted by molar-refractivity contribution is 7.99. The third-order valence-corrected chi connectivity index (χ3v) is 6.22. The van der Waals surface area contributed by atoms with Crippen LogP contribution < -0.4 is 10.1 Å². The van der Waals surface area contributed by atoms with E-state index in [9.17, 15) is 9.59 Å². The minimum Gasteiger partial charge on any atom is -0.497 e. The molecule has 31 heavy (non-hydrogen) atoms. The molecule has 0 fully saturated rings. The van der Waals surface area contributed by atoms with Gasteiger partial charge in [0.05, 0.1) is 12.9 Å². The van der Waals surface area contributed by atoms with Gasteiger partial charge in [-0.15, -0.1) is 11.8 Å². The Bertz CT molecular complexity index is 845. The summed E-state index contributed by atoms with van der Waals surface area (Å²) in [6, 6.07) is 14.7. The van der Waals surface area contributed by atoms with Crippen LogP contribution in [-0.2, 0) is 21.9 Å². The first-order valence-electron chi connectivity index (χ1n) is 10.5. The van der Waals surface area contributed by atoms with E-state index in [2.05, 4.69) is 5.32 Å². The van der Waals surface area contributed by atoms with Crippen LogP contribution in [0.3, 0.4) is 0 Å². The van der Waals surface area contributed by atoms with E-state index in [4.69, 9.17) is 16.3 Å². The lowest BCUT2D eigenvalue weighted by atomic mass is 10.1. The number of nitrogens with one attached hydrogen (secondary N) is 1. The quantitative estimate of drug-likeness (QED) is 0.486. The maximum atomic E-state index is 13.2. The molecule has 0 aliphatic carbocycles. The number of carbonyl (C=O) groups excluding carboxylic acids is 2. The molecule has 7 heteroatoms. The average molecular weight is 463 g/mol. The number of thioether (sulfide) groups is 1. The molecule has 0 saturated carbocycles. The van der Waals surface area contributed by atoms with Gasteiger partial charge in [0.15, 0.2) is 0 Å². The zero-order chi connectivity index (χ0) is 22.6. The van der Waals surface area contributed by atoms with Gasteiger partial charge in [-0.1, -0.05) is 55.8 Å². The molecule has 1 N–H and O–H groups in total. The number of amides is 2. The number of rotatable bonds is 12. The van der Waals surface area contributed by atoms with Crippen LogP contribution in [0.15, 0.2) is 48.5 Å². The number of benzene rings is 2. The molecule has 2 amide bonds. The van der Waals surface area contributed by atoms with E-state index in [0.29, 0.717) is 30.3 Å². The number of methoxy groups -OCH3 is 1. The molecule has 2 aromatic rings. The van der Waals surface area contributed by atoms with E-state index in [0.717, 1.165) is 23.3 Å². The van der Waals surface area contributed by atoms with Crippen molar-refractivity contribution in [2.24, 2.45) is 0 Å². The van der Waals surface area contributed by atoms with Crippen LogP contribution in [0, 0.1) is 0 Å². The molecule has 0 bridgehead atoms. The van der Waals surface area contributed by atoms with Crippen LogP contribution in [0.25, 0.3) is 0 Å². The van der Waals surface area contributed by atoms with Crippen LogP contribution in [0.2, 0.25) is 5.02 Å². The van der Waals surface area contributed by atoms with Crippen LogP contribution in [0.1, 0.15) is 37.8 Å². The highest BCUT2D eigenvalue weighted by Gasteiger charge is 2.28. The van der Waals surface area contributed by atoms with E-state index < -0.39 is 6.04 Å². The number of nitrogens with zero attached hydrogens (tertiary/aromatic N) is 1. The number of ether oxygens (including phenoxy) is 1. The minimum absolute atomic E-state index is 0.0635. The van der Waals surface area contributed by atoms with E-state index >= 15 is 0 Å². The molecule has 1 atom stereocenters. The van der Waals surface area contributed by atoms with E-state index in [-0.39, 0.29) is 17.6 Å². The summed E-state index contributed by atoms with van der Waals surface area (Å²) < 4.78 is 5.22. The van der Waals surface area contributed by atoms with Crippen molar-refractivity contribution in [3.05, 3.63) is 64.7 Å². The van der Waals surface area contributed by atoms with Crippen LogP contribution in [0.5, 0.6) is 5.75 Å². The van der Waals surface area contributed by atoms with Crippen molar-refractivity contribution >= 4 is 35.2 Å². The van der Waals surface area contributed by atoms with Gasteiger partial charge in [0, 0.05) is 23.9 Å². The summed E-state index contributed by atoms with van der Waals surface area (Å²) in [6.07, 6.45) is 1.40. The largest absolute Gasteiger partial charge is 0.497 e. The summed E-state index contributed by atoms with van der Waals surface area (Å²) >= 11 is 7.73. The van der Waals surface area contributed by atoms with Crippen molar-refractivity contribution in [2.75, 3.05) is 19.4 Å². The highest BCUT2D eigenvalue weighted by atomic mass is 35.5.